The van der Waals surface area contributed by atoms with Gasteiger partial charge in [0.25, 0.3) is 0 Å². The van der Waals surface area contributed by atoms with E-state index in [1.54, 1.807) is 13.8 Å². The molecule has 1 N–H and O–H groups in total. The molecule has 0 heterocycles. The third kappa shape index (κ3) is 7.94. The van der Waals surface area contributed by atoms with Gasteiger partial charge in [0.15, 0.2) is 12.6 Å². The second-order valence-corrected chi connectivity index (χ2v) is 2.98. The number of aliphatic hydroxyl groups is 1. The van der Waals surface area contributed by atoms with Crippen molar-refractivity contribution < 1.29 is 14.6 Å². The lowest BCUT2D eigenvalue weighted by molar-refractivity contribution is -0.213. The van der Waals surface area contributed by atoms with E-state index < -0.39 is 6.29 Å². The molecule has 0 fully saturated rings. The van der Waals surface area contributed by atoms with Crippen molar-refractivity contribution in [2.45, 2.75) is 26.4 Å². The van der Waals surface area contributed by atoms with Crippen LogP contribution in [0.5, 0.6) is 0 Å². The van der Waals surface area contributed by atoms with Crippen LogP contribution in [0.3, 0.4) is 0 Å². The van der Waals surface area contributed by atoms with Gasteiger partial charge >= 0.3 is 0 Å². The lowest BCUT2D eigenvalue weighted by Gasteiger charge is -2.17. The molecule has 0 aromatic rings. The summed E-state index contributed by atoms with van der Waals surface area (Å²) in [6, 6.07) is 0. The van der Waals surface area contributed by atoms with Gasteiger partial charge in [0.05, 0.1) is 6.61 Å². The summed E-state index contributed by atoms with van der Waals surface area (Å²) >= 11 is 0. The fourth-order valence-corrected chi connectivity index (χ4v) is 0.718. The van der Waals surface area contributed by atoms with Gasteiger partial charge in [-0.15, -0.1) is 0 Å². The molecule has 0 aliphatic rings. The Morgan fingerprint density at radius 1 is 1.33 bits per heavy atom. The van der Waals surface area contributed by atoms with Gasteiger partial charge < -0.3 is 19.5 Å². The van der Waals surface area contributed by atoms with Gasteiger partial charge in [0.2, 0.25) is 0 Å². The van der Waals surface area contributed by atoms with Crippen LogP contribution in [-0.2, 0) is 9.47 Å². The maximum atomic E-state index is 8.82. The standard InChI is InChI=1S/C8H19NO3/c1-7(10)12-8(2)11-6-5-9(3)4/h7-8,10H,5-6H2,1-4H3. The number of rotatable bonds is 6. The molecule has 0 saturated heterocycles. The van der Waals surface area contributed by atoms with Crippen LogP contribution in [0.4, 0.5) is 0 Å². The van der Waals surface area contributed by atoms with E-state index in [0.717, 1.165) is 6.54 Å². The van der Waals surface area contributed by atoms with Crippen molar-refractivity contribution in [3.05, 3.63) is 0 Å². The molecule has 0 aliphatic heterocycles. The first kappa shape index (κ1) is 11.8. The Morgan fingerprint density at radius 2 is 1.92 bits per heavy atom. The van der Waals surface area contributed by atoms with E-state index in [1.807, 2.05) is 19.0 Å². The highest BCUT2D eigenvalue weighted by atomic mass is 16.7. The number of hydrogen-bond donors (Lipinski definition) is 1. The summed E-state index contributed by atoms with van der Waals surface area (Å²) in [5.41, 5.74) is 0. The minimum Gasteiger partial charge on any atom is -0.368 e. The number of ether oxygens (including phenoxy) is 2. The minimum absolute atomic E-state index is 0.343. The number of aliphatic hydroxyl groups excluding tert-OH is 1. The van der Waals surface area contributed by atoms with Gasteiger partial charge in [-0.25, -0.2) is 0 Å². The Labute approximate surface area is 74.1 Å². The van der Waals surface area contributed by atoms with E-state index in [4.69, 9.17) is 14.6 Å². The fourth-order valence-electron chi connectivity index (χ4n) is 0.718. The van der Waals surface area contributed by atoms with Crippen LogP contribution < -0.4 is 0 Å². The molecule has 4 heteroatoms. The third-order valence-corrected chi connectivity index (χ3v) is 1.28. The van der Waals surface area contributed by atoms with Gasteiger partial charge in [-0.05, 0) is 27.9 Å². The van der Waals surface area contributed by atoms with Gasteiger partial charge in [-0.3, -0.25) is 0 Å². The molecule has 0 aromatic carbocycles. The van der Waals surface area contributed by atoms with Gasteiger partial charge in [0, 0.05) is 6.54 Å². The Bertz CT molecular complexity index is 106. The predicted molar refractivity (Wildman–Crippen MR) is 46.7 cm³/mol. The van der Waals surface area contributed by atoms with E-state index in [9.17, 15) is 0 Å². The molecule has 2 unspecified atom stereocenters. The Morgan fingerprint density at radius 3 is 2.33 bits per heavy atom. The monoisotopic (exact) mass is 177 g/mol. The first-order valence-corrected chi connectivity index (χ1v) is 4.12. The largest absolute Gasteiger partial charge is 0.368 e. The van der Waals surface area contributed by atoms with Crippen molar-refractivity contribution in [2.24, 2.45) is 0 Å². The van der Waals surface area contributed by atoms with Crippen LogP contribution in [0.1, 0.15) is 13.8 Å². The van der Waals surface area contributed by atoms with Crippen molar-refractivity contribution in [3.63, 3.8) is 0 Å². The number of nitrogens with zero attached hydrogens (tertiary/aromatic N) is 1. The zero-order valence-electron chi connectivity index (χ0n) is 8.28. The second-order valence-electron chi connectivity index (χ2n) is 2.98. The maximum Gasteiger partial charge on any atom is 0.157 e. The first-order chi connectivity index (χ1) is 5.52. The van der Waals surface area contributed by atoms with E-state index in [-0.39, 0.29) is 6.29 Å². The third-order valence-electron chi connectivity index (χ3n) is 1.28. The lowest BCUT2D eigenvalue weighted by Crippen LogP contribution is -2.24. The van der Waals surface area contributed by atoms with Crippen LogP contribution in [-0.4, -0.2) is 49.8 Å². The number of hydrogen-bond acceptors (Lipinski definition) is 4. The Balaban J connectivity index is 3.25. The second kappa shape index (κ2) is 6.37. The molecule has 0 amide bonds. The Kier molecular flexibility index (Phi) is 6.28. The van der Waals surface area contributed by atoms with E-state index in [2.05, 4.69) is 0 Å². The zero-order valence-corrected chi connectivity index (χ0v) is 8.28. The van der Waals surface area contributed by atoms with Crippen LogP contribution in [0.25, 0.3) is 0 Å². The zero-order chi connectivity index (χ0) is 9.56. The molecular formula is C8H19NO3. The highest BCUT2D eigenvalue weighted by Gasteiger charge is 2.04. The quantitative estimate of drug-likeness (QED) is 0.591. The van der Waals surface area contributed by atoms with Crippen molar-refractivity contribution >= 4 is 0 Å². The highest BCUT2D eigenvalue weighted by molar-refractivity contribution is 4.41. The van der Waals surface area contributed by atoms with Crippen LogP contribution in [0, 0.1) is 0 Å². The molecule has 0 spiro atoms. The molecule has 74 valence electrons. The van der Waals surface area contributed by atoms with Crippen molar-refractivity contribution in [3.8, 4) is 0 Å². The Hall–Kier alpha value is -0.160. The van der Waals surface area contributed by atoms with Crippen molar-refractivity contribution in [1.82, 2.24) is 4.90 Å². The normalized spacial score (nSPS) is 16.5. The summed E-state index contributed by atoms with van der Waals surface area (Å²) in [5.74, 6) is 0. The van der Waals surface area contributed by atoms with E-state index in [1.165, 1.54) is 0 Å². The molecule has 0 aliphatic carbocycles. The molecule has 0 bridgehead atoms. The van der Waals surface area contributed by atoms with Crippen molar-refractivity contribution in [1.29, 1.82) is 0 Å². The summed E-state index contributed by atoms with van der Waals surface area (Å²) in [6.45, 7) is 4.79. The highest BCUT2D eigenvalue weighted by Crippen LogP contribution is 1.96. The summed E-state index contributed by atoms with van der Waals surface area (Å²) in [6.07, 6.45) is -1.11. The van der Waals surface area contributed by atoms with Gasteiger partial charge in [0.1, 0.15) is 0 Å². The summed E-state index contributed by atoms with van der Waals surface area (Å²) in [5, 5.41) is 8.82. The molecule has 0 aromatic heterocycles. The van der Waals surface area contributed by atoms with Crippen LogP contribution in [0.15, 0.2) is 0 Å². The average Bonchev–Trinajstić information content (AvgIpc) is 1.84. The average molecular weight is 177 g/mol. The first-order valence-electron chi connectivity index (χ1n) is 4.12. The fraction of sp³-hybridized carbons (Fsp3) is 1.00. The molecule has 0 rings (SSSR count). The topological polar surface area (TPSA) is 41.9 Å². The molecule has 4 nitrogen and oxygen atoms in total. The van der Waals surface area contributed by atoms with E-state index >= 15 is 0 Å². The molecule has 0 saturated carbocycles. The summed E-state index contributed by atoms with van der Waals surface area (Å²) in [7, 11) is 3.95. The maximum absolute atomic E-state index is 8.82. The predicted octanol–water partition coefficient (Wildman–Crippen LogP) is 0.265. The SMILES string of the molecule is CC(O)OC(C)OCCN(C)C. The van der Waals surface area contributed by atoms with Crippen LogP contribution >= 0.6 is 0 Å². The molecular weight excluding hydrogens is 158 g/mol. The molecule has 0 radical (unpaired) electrons. The summed E-state index contributed by atoms with van der Waals surface area (Å²) < 4.78 is 10.2. The van der Waals surface area contributed by atoms with Crippen molar-refractivity contribution in [2.75, 3.05) is 27.2 Å². The van der Waals surface area contributed by atoms with Gasteiger partial charge in [-0.1, -0.05) is 0 Å². The summed E-state index contributed by atoms with van der Waals surface area (Å²) in [4.78, 5) is 2.02. The van der Waals surface area contributed by atoms with Crippen LogP contribution in [0.2, 0.25) is 0 Å². The molecule has 2 atom stereocenters. The van der Waals surface area contributed by atoms with E-state index in [0.29, 0.717) is 6.61 Å². The number of likely N-dealkylation sites (N-methyl/N-ethyl adjacent to an activating group) is 1. The lowest BCUT2D eigenvalue weighted by atomic mass is 10.6. The smallest absolute Gasteiger partial charge is 0.157 e. The van der Waals surface area contributed by atoms with Gasteiger partial charge in [-0.2, -0.15) is 0 Å². The minimum atomic E-state index is -0.764. The molecule has 12 heavy (non-hydrogen) atoms.